The van der Waals surface area contributed by atoms with E-state index in [1.165, 1.54) is 0 Å². The van der Waals surface area contributed by atoms with Gasteiger partial charge in [0.15, 0.2) is 5.78 Å². The topological polar surface area (TPSA) is 48.4 Å². The molecule has 110 valence electrons. The molecule has 0 radical (unpaired) electrons. The van der Waals surface area contributed by atoms with Crippen LogP contribution in [0.4, 0.5) is 0 Å². The summed E-state index contributed by atoms with van der Waals surface area (Å²) in [5.74, 6) is 1.40. The second kappa shape index (κ2) is 5.15. The van der Waals surface area contributed by atoms with E-state index in [9.17, 15) is 4.79 Å². The van der Waals surface area contributed by atoms with Crippen LogP contribution in [0.5, 0.6) is 11.5 Å². The molecule has 1 aliphatic rings. The minimum atomic E-state index is -0.463. The number of fused-ring (bicyclic) bond motifs is 1. The van der Waals surface area contributed by atoms with Crippen LogP contribution >= 0.6 is 11.3 Å². The quantitative estimate of drug-likeness (QED) is 0.866. The molecule has 0 saturated carbocycles. The van der Waals surface area contributed by atoms with Crippen LogP contribution in [-0.2, 0) is 6.61 Å². The van der Waals surface area contributed by atoms with E-state index in [0.29, 0.717) is 30.1 Å². The normalized spacial score (nSPS) is 16.2. The molecule has 1 aliphatic heterocycles. The van der Waals surface area contributed by atoms with Crippen molar-refractivity contribution in [1.82, 2.24) is 4.98 Å². The number of Topliss-reactive ketones (excluding diaryl/α,β-unsaturated/α-hetero) is 1. The number of hydrogen-bond acceptors (Lipinski definition) is 5. The van der Waals surface area contributed by atoms with Crippen molar-refractivity contribution in [1.29, 1.82) is 0 Å². The van der Waals surface area contributed by atoms with Gasteiger partial charge in [0, 0.05) is 17.1 Å². The molecule has 0 N–H and O–H groups in total. The van der Waals surface area contributed by atoms with E-state index < -0.39 is 5.60 Å². The van der Waals surface area contributed by atoms with E-state index in [2.05, 4.69) is 4.98 Å². The fraction of sp³-hybridized carbons (Fsp3) is 0.375. The van der Waals surface area contributed by atoms with Gasteiger partial charge in [-0.3, -0.25) is 4.79 Å². The van der Waals surface area contributed by atoms with E-state index in [0.717, 1.165) is 10.7 Å². The molecule has 4 nitrogen and oxygen atoms in total. The van der Waals surface area contributed by atoms with Crippen molar-refractivity contribution in [2.24, 2.45) is 0 Å². The Bertz CT molecular complexity index is 691. The lowest BCUT2D eigenvalue weighted by atomic mass is 9.93. The highest BCUT2D eigenvalue weighted by atomic mass is 32.1. The molecule has 0 atom stereocenters. The van der Waals surface area contributed by atoms with Gasteiger partial charge in [-0.05, 0) is 32.9 Å². The molecule has 1 aromatic carbocycles. The number of ketones is 1. The Balaban J connectivity index is 1.78. The van der Waals surface area contributed by atoms with Gasteiger partial charge >= 0.3 is 0 Å². The first-order valence-corrected chi connectivity index (χ1v) is 7.71. The minimum absolute atomic E-state index is 0.114. The number of hydrogen-bond donors (Lipinski definition) is 0. The standard InChI is InChI=1S/C16H17NO3S/c1-10-9-21-15(17-10)8-19-11-4-5-12-13(18)7-16(2,3)20-14(12)6-11/h4-6,9H,7-8H2,1-3H3. The summed E-state index contributed by atoms with van der Waals surface area (Å²) >= 11 is 1.58. The summed E-state index contributed by atoms with van der Waals surface area (Å²) in [5.41, 5.74) is 1.17. The molecule has 2 aromatic rings. The van der Waals surface area contributed by atoms with Crippen molar-refractivity contribution in [3.63, 3.8) is 0 Å². The Morgan fingerprint density at radius 3 is 2.95 bits per heavy atom. The van der Waals surface area contributed by atoms with E-state index in [1.807, 2.05) is 26.2 Å². The number of aryl methyl sites for hydroxylation is 1. The van der Waals surface area contributed by atoms with Crippen molar-refractivity contribution < 1.29 is 14.3 Å². The molecular weight excluding hydrogens is 286 g/mol. The predicted octanol–water partition coefficient (Wildman–Crippen LogP) is 3.77. The summed E-state index contributed by atoms with van der Waals surface area (Å²) in [4.78, 5) is 16.4. The van der Waals surface area contributed by atoms with Crippen molar-refractivity contribution in [3.8, 4) is 11.5 Å². The molecule has 0 fully saturated rings. The van der Waals surface area contributed by atoms with Gasteiger partial charge in [0.1, 0.15) is 28.7 Å². The van der Waals surface area contributed by atoms with Crippen LogP contribution in [0.25, 0.3) is 0 Å². The van der Waals surface area contributed by atoms with Gasteiger partial charge in [-0.25, -0.2) is 4.98 Å². The lowest BCUT2D eigenvalue weighted by Crippen LogP contribution is -2.35. The summed E-state index contributed by atoms with van der Waals surface area (Å²) in [6.07, 6.45) is 0.401. The lowest BCUT2D eigenvalue weighted by molar-refractivity contribution is 0.0618. The second-order valence-electron chi connectivity index (χ2n) is 5.79. The molecule has 0 bridgehead atoms. The molecule has 0 saturated heterocycles. The highest BCUT2D eigenvalue weighted by Crippen LogP contribution is 2.35. The maximum Gasteiger partial charge on any atom is 0.170 e. The van der Waals surface area contributed by atoms with Crippen LogP contribution in [-0.4, -0.2) is 16.4 Å². The Hall–Kier alpha value is -1.88. The number of carbonyl (C=O) groups is 1. The van der Waals surface area contributed by atoms with Crippen LogP contribution < -0.4 is 9.47 Å². The van der Waals surface area contributed by atoms with Crippen molar-refractivity contribution >= 4 is 17.1 Å². The van der Waals surface area contributed by atoms with Crippen LogP contribution in [0, 0.1) is 6.92 Å². The summed E-state index contributed by atoms with van der Waals surface area (Å²) in [6.45, 7) is 6.22. The average Bonchev–Trinajstić information content (AvgIpc) is 2.80. The van der Waals surface area contributed by atoms with Crippen molar-refractivity contribution in [2.45, 2.75) is 39.4 Å². The van der Waals surface area contributed by atoms with Crippen LogP contribution in [0.1, 0.15) is 41.3 Å². The first-order chi connectivity index (χ1) is 9.93. The lowest BCUT2D eigenvalue weighted by Gasteiger charge is -2.31. The zero-order valence-electron chi connectivity index (χ0n) is 12.3. The molecular formula is C16H17NO3S. The van der Waals surface area contributed by atoms with E-state index in [4.69, 9.17) is 9.47 Å². The highest BCUT2D eigenvalue weighted by molar-refractivity contribution is 7.09. The molecule has 21 heavy (non-hydrogen) atoms. The van der Waals surface area contributed by atoms with Crippen molar-refractivity contribution in [2.75, 3.05) is 0 Å². The average molecular weight is 303 g/mol. The third kappa shape index (κ3) is 3.08. The Kier molecular flexibility index (Phi) is 3.45. The van der Waals surface area contributed by atoms with Gasteiger partial charge in [-0.15, -0.1) is 11.3 Å². The molecule has 0 unspecified atom stereocenters. The number of benzene rings is 1. The Labute approximate surface area is 127 Å². The molecule has 1 aromatic heterocycles. The van der Waals surface area contributed by atoms with Gasteiger partial charge in [-0.1, -0.05) is 0 Å². The van der Waals surface area contributed by atoms with E-state index >= 15 is 0 Å². The van der Waals surface area contributed by atoms with Gasteiger partial charge in [0.25, 0.3) is 0 Å². The first kappa shape index (κ1) is 14.1. The van der Waals surface area contributed by atoms with Gasteiger partial charge in [0.2, 0.25) is 0 Å². The molecule has 0 spiro atoms. The third-order valence-electron chi connectivity index (χ3n) is 3.25. The SMILES string of the molecule is Cc1csc(COc2ccc3c(c2)OC(C)(C)CC3=O)n1. The van der Waals surface area contributed by atoms with Gasteiger partial charge in [-0.2, -0.15) is 0 Å². The maximum atomic E-state index is 12.1. The number of nitrogens with zero attached hydrogens (tertiary/aromatic N) is 1. The van der Waals surface area contributed by atoms with Crippen LogP contribution in [0.15, 0.2) is 23.6 Å². The number of thiazole rings is 1. The van der Waals surface area contributed by atoms with Gasteiger partial charge < -0.3 is 9.47 Å². The summed E-state index contributed by atoms with van der Waals surface area (Å²) in [7, 11) is 0. The zero-order chi connectivity index (χ0) is 15.0. The number of ether oxygens (including phenoxy) is 2. The predicted molar refractivity (Wildman–Crippen MR) is 81.3 cm³/mol. The Morgan fingerprint density at radius 1 is 1.43 bits per heavy atom. The van der Waals surface area contributed by atoms with Gasteiger partial charge in [0.05, 0.1) is 12.0 Å². The second-order valence-corrected chi connectivity index (χ2v) is 6.73. The summed E-state index contributed by atoms with van der Waals surface area (Å²) in [5, 5.41) is 2.93. The zero-order valence-corrected chi connectivity index (χ0v) is 13.1. The van der Waals surface area contributed by atoms with E-state index in [1.54, 1.807) is 29.5 Å². The maximum absolute atomic E-state index is 12.1. The first-order valence-electron chi connectivity index (χ1n) is 6.83. The van der Waals surface area contributed by atoms with E-state index in [-0.39, 0.29) is 5.78 Å². The number of aromatic nitrogens is 1. The fourth-order valence-electron chi connectivity index (χ4n) is 2.34. The summed E-state index contributed by atoms with van der Waals surface area (Å²) < 4.78 is 11.6. The number of carbonyl (C=O) groups excluding carboxylic acids is 1. The highest BCUT2D eigenvalue weighted by Gasteiger charge is 2.32. The molecule has 0 amide bonds. The van der Waals surface area contributed by atoms with Crippen LogP contribution in [0.2, 0.25) is 0 Å². The summed E-state index contributed by atoms with van der Waals surface area (Å²) in [6, 6.07) is 5.36. The molecule has 2 heterocycles. The van der Waals surface area contributed by atoms with Crippen LogP contribution in [0.3, 0.4) is 0 Å². The number of rotatable bonds is 3. The van der Waals surface area contributed by atoms with Crippen molar-refractivity contribution in [3.05, 3.63) is 39.8 Å². The monoisotopic (exact) mass is 303 g/mol. The molecule has 5 heteroatoms. The molecule has 3 rings (SSSR count). The largest absolute Gasteiger partial charge is 0.486 e. The Morgan fingerprint density at radius 2 is 2.24 bits per heavy atom. The smallest absolute Gasteiger partial charge is 0.170 e. The molecule has 0 aliphatic carbocycles. The minimum Gasteiger partial charge on any atom is -0.486 e. The third-order valence-corrected chi connectivity index (χ3v) is 4.20. The fourth-order valence-corrected chi connectivity index (χ4v) is 3.02.